The Balaban J connectivity index is 2.07. The van der Waals surface area contributed by atoms with Crippen molar-refractivity contribution in [3.8, 4) is 0 Å². The van der Waals surface area contributed by atoms with E-state index < -0.39 is 5.97 Å². The molecule has 0 aliphatic carbocycles. The number of pyridine rings is 1. The number of ether oxygens (including phenoxy) is 1. The lowest BCUT2D eigenvalue weighted by Crippen LogP contribution is -2.13. The summed E-state index contributed by atoms with van der Waals surface area (Å²) in [5, 5.41) is 5.95. The molecule has 0 radical (unpaired) electrons. The van der Waals surface area contributed by atoms with Gasteiger partial charge in [-0.15, -0.1) is 0 Å². The monoisotopic (exact) mass is 341 g/mol. The van der Waals surface area contributed by atoms with Gasteiger partial charge in [0.2, 0.25) is 5.91 Å². The van der Waals surface area contributed by atoms with Gasteiger partial charge in [-0.25, -0.2) is 9.78 Å². The van der Waals surface area contributed by atoms with Crippen molar-refractivity contribution in [1.29, 1.82) is 0 Å². The van der Waals surface area contributed by atoms with Crippen molar-refractivity contribution in [3.63, 3.8) is 0 Å². The summed E-state index contributed by atoms with van der Waals surface area (Å²) < 4.78 is 5.03. The first kappa shape index (κ1) is 18.4. The minimum atomic E-state index is -0.421. The number of hydrogen-bond acceptors (Lipinski definition) is 5. The number of benzene rings is 1. The summed E-state index contributed by atoms with van der Waals surface area (Å²) in [4.78, 5) is 28.0. The molecule has 0 aliphatic heterocycles. The van der Waals surface area contributed by atoms with Crippen LogP contribution in [-0.2, 0) is 9.53 Å². The third kappa shape index (κ3) is 5.60. The van der Waals surface area contributed by atoms with Crippen LogP contribution in [-0.4, -0.2) is 23.5 Å². The minimum absolute atomic E-state index is 0.00923. The summed E-state index contributed by atoms with van der Waals surface area (Å²) in [6.07, 6.45) is 2.09. The Hall–Kier alpha value is -2.89. The molecule has 6 nitrogen and oxygen atoms in total. The fourth-order valence-electron chi connectivity index (χ4n) is 2.23. The summed E-state index contributed by atoms with van der Waals surface area (Å²) in [6, 6.07) is 10.6. The van der Waals surface area contributed by atoms with Gasteiger partial charge in [-0.05, 0) is 49.2 Å². The topological polar surface area (TPSA) is 80.3 Å². The summed E-state index contributed by atoms with van der Waals surface area (Å²) in [7, 11) is 0. The standard InChI is InChI=1S/C19H23N3O3/c1-4-25-19(24)16-6-5-11-20-18(16)22-15-9-7-14(8-10-15)21-17(23)12-13(2)3/h5-11,13H,4,12H2,1-3H3,(H,20,22)(H,21,23). The van der Waals surface area contributed by atoms with Crippen LogP contribution < -0.4 is 10.6 Å². The van der Waals surface area contributed by atoms with Gasteiger partial charge in [0.15, 0.2) is 0 Å². The van der Waals surface area contributed by atoms with Crippen molar-refractivity contribution in [1.82, 2.24) is 4.98 Å². The van der Waals surface area contributed by atoms with Crippen LogP contribution in [0.1, 0.15) is 37.6 Å². The smallest absolute Gasteiger partial charge is 0.341 e. The lowest BCUT2D eigenvalue weighted by atomic mass is 10.1. The minimum Gasteiger partial charge on any atom is -0.462 e. The van der Waals surface area contributed by atoms with Crippen LogP contribution in [0, 0.1) is 5.92 Å². The van der Waals surface area contributed by atoms with Gasteiger partial charge in [0.05, 0.1) is 6.61 Å². The molecule has 1 amide bonds. The maximum Gasteiger partial charge on any atom is 0.341 e. The first-order chi connectivity index (χ1) is 12.0. The molecular formula is C19H23N3O3. The van der Waals surface area contributed by atoms with E-state index in [0.29, 0.717) is 30.3 Å². The Labute approximate surface area is 147 Å². The van der Waals surface area contributed by atoms with Gasteiger partial charge in [0, 0.05) is 24.0 Å². The van der Waals surface area contributed by atoms with Crippen LogP contribution in [0.5, 0.6) is 0 Å². The molecule has 1 aromatic carbocycles. The van der Waals surface area contributed by atoms with E-state index in [9.17, 15) is 9.59 Å². The summed E-state index contributed by atoms with van der Waals surface area (Å²) in [5.74, 6) is 0.310. The number of anilines is 3. The largest absolute Gasteiger partial charge is 0.462 e. The van der Waals surface area contributed by atoms with Crippen molar-refractivity contribution in [3.05, 3.63) is 48.2 Å². The maximum absolute atomic E-state index is 12.0. The predicted molar refractivity (Wildman–Crippen MR) is 98.0 cm³/mol. The van der Waals surface area contributed by atoms with E-state index in [2.05, 4.69) is 15.6 Å². The zero-order valence-electron chi connectivity index (χ0n) is 14.7. The molecule has 2 rings (SSSR count). The Bertz CT molecular complexity index is 727. The van der Waals surface area contributed by atoms with Crippen LogP contribution >= 0.6 is 0 Å². The molecule has 0 spiro atoms. The van der Waals surface area contributed by atoms with Crippen molar-refractivity contribution in [2.75, 3.05) is 17.2 Å². The van der Waals surface area contributed by atoms with E-state index in [0.717, 1.165) is 11.4 Å². The molecule has 0 unspecified atom stereocenters. The molecule has 0 fully saturated rings. The molecular weight excluding hydrogens is 318 g/mol. The first-order valence-electron chi connectivity index (χ1n) is 8.28. The number of rotatable bonds is 7. The zero-order chi connectivity index (χ0) is 18.2. The Morgan fingerprint density at radius 3 is 2.44 bits per heavy atom. The van der Waals surface area contributed by atoms with Crippen LogP contribution in [0.25, 0.3) is 0 Å². The normalized spacial score (nSPS) is 10.4. The molecule has 0 bridgehead atoms. The number of esters is 1. The number of amides is 1. The van der Waals surface area contributed by atoms with Gasteiger partial charge in [-0.2, -0.15) is 0 Å². The van der Waals surface area contributed by atoms with Crippen LogP contribution in [0.15, 0.2) is 42.6 Å². The van der Waals surface area contributed by atoms with Crippen LogP contribution in [0.3, 0.4) is 0 Å². The van der Waals surface area contributed by atoms with Crippen LogP contribution in [0.4, 0.5) is 17.2 Å². The number of nitrogens with zero attached hydrogens (tertiary/aromatic N) is 1. The quantitative estimate of drug-likeness (QED) is 0.744. The highest BCUT2D eigenvalue weighted by Gasteiger charge is 2.13. The average molecular weight is 341 g/mol. The van der Waals surface area contributed by atoms with Crippen LogP contribution in [0.2, 0.25) is 0 Å². The molecule has 0 atom stereocenters. The molecule has 0 aliphatic rings. The first-order valence-corrected chi connectivity index (χ1v) is 8.28. The molecule has 1 heterocycles. The number of carbonyl (C=O) groups excluding carboxylic acids is 2. The Morgan fingerprint density at radius 1 is 1.12 bits per heavy atom. The number of carbonyl (C=O) groups is 2. The van der Waals surface area contributed by atoms with Gasteiger partial charge in [-0.3, -0.25) is 4.79 Å². The summed E-state index contributed by atoms with van der Waals surface area (Å²) in [6.45, 7) is 6.06. The second-order valence-corrected chi connectivity index (χ2v) is 5.97. The van der Waals surface area contributed by atoms with E-state index >= 15 is 0 Å². The molecule has 0 saturated heterocycles. The summed E-state index contributed by atoms with van der Waals surface area (Å²) in [5.41, 5.74) is 1.85. The molecule has 25 heavy (non-hydrogen) atoms. The Kier molecular flexibility index (Phi) is 6.51. The number of nitrogens with one attached hydrogen (secondary N) is 2. The summed E-state index contributed by atoms with van der Waals surface area (Å²) >= 11 is 0. The second kappa shape index (κ2) is 8.82. The number of hydrogen-bond donors (Lipinski definition) is 2. The fourth-order valence-corrected chi connectivity index (χ4v) is 2.23. The van der Waals surface area contributed by atoms with Gasteiger partial charge < -0.3 is 15.4 Å². The van der Waals surface area contributed by atoms with Gasteiger partial charge in [0.1, 0.15) is 11.4 Å². The molecule has 2 aromatic rings. The maximum atomic E-state index is 12.0. The fraction of sp³-hybridized carbons (Fsp3) is 0.316. The highest BCUT2D eigenvalue weighted by Crippen LogP contribution is 2.21. The SMILES string of the molecule is CCOC(=O)c1cccnc1Nc1ccc(NC(=O)CC(C)C)cc1. The molecule has 0 saturated carbocycles. The van der Waals surface area contributed by atoms with Crippen molar-refractivity contribution < 1.29 is 14.3 Å². The Morgan fingerprint density at radius 2 is 1.80 bits per heavy atom. The number of aromatic nitrogens is 1. The predicted octanol–water partition coefficient (Wildman–Crippen LogP) is 3.99. The van der Waals surface area contributed by atoms with Gasteiger partial charge in [0.25, 0.3) is 0 Å². The molecule has 6 heteroatoms. The lowest BCUT2D eigenvalue weighted by Gasteiger charge is -2.11. The highest BCUT2D eigenvalue weighted by atomic mass is 16.5. The van der Waals surface area contributed by atoms with Gasteiger partial charge in [-0.1, -0.05) is 13.8 Å². The zero-order valence-corrected chi connectivity index (χ0v) is 14.7. The second-order valence-electron chi connectivity index (χ2n) is 5.97. The lowest BCUT2D eigenvalue weighted by molar-refractivity contribution is -0.116. The average Bonchev–Trinajstić information content (AvgIpc) is 2.56. The third-order valence-electron chi connectivity index (χ3n) is 3.33. The van der Waals surface area contributed by atoms with E-state index in [1.54, 1.807) is 37.4 Å². The van der Waals surface area contributed by atoms with E-state index in [1.165, 1.54) is 0 Å². The third-order valence-corrected chi connectivity index (χ3v) is 3.33. The molecule has 132 valence electrons. The van der Waals surface area contributed by atoms with Crippen molar-refractivity contribution in [2.24, 2.45) is 5.92 Å². The molecule has 2 N–H and O–H groups in total. The van der Waals surface area contributed by atoms with E-state index in [-0.39, 0.29) is 5.91 Å². The van der Waals surface area contributed by atoms with Crippen molar-refractivity contribution >= 4 is 29.1 Å². The highest BCUT2D eigenvalue weighted by molar-refractivity contribution is 5.95. The van der Waals surface area contributed by atoms with E-state index in [4.69, 9.17) is 4.74 Å². The van der Waals surface area contributed by atoms with Crippen molar-refractivity contribution in [2.45, 2.75) is 27.2 Å². The van der Waals surface area contributed by atoms with Gasteiger partial charge >= 0.3 is 5.97 Å². The van der Waals surface area contributed by atoms with E-state index in [1.807, 2.05) is 26.0 Å². The molecule has 1 aromatic heterocycles.